The van der Waals surface area contributed by atoms with Gasteiger partial charge in [0.15, 0.2) is 0 Å². The lowest BCUT2D eigenvalue weighted by molar-refractivity contribution is 0.345. The molecule has 7 heteroatoms. The number of nitrogens with one attached hydrogen (secondary N) is 1. The molecule has 1 aromatic heterocycles. The molecule has 1 aromatic rings. The van der Waals surface area contributed by atoms with Crippen LogP contribution in [-0.4, -0.2) is 35.7 Å². The van der Waals surface area contributed by atoms with Crippen LogP contribution in [0.25, 0.3) is 0 Å². The van der Waals surface area contributed by atoms with Crippen molar-refractivity contribution in [3.05, 3.63) is 11.4 Å². The molecule has 132 valence electrons. The van der Waals surface area contributed by atoms with Gasteiger partial charge in [0.25, 0.3) is 0 Å². The SMILES string of the molecule is CS[C@H]1CCC[C@H](NS(=O)(=O)c2c(C)nn(C(C)(C)C)c2C)C1. The Balaban J connectivity index is 2.28. The molecule has 0 aromatic carbocycles. The molecule has 0 aliphatic heterocycles. The van der Waals surface area contributed by atoms with Crippen molar-refractivity contribution >= 4 is 21.8 Å². The van der Waals surface area contributed by atoms with Crippen LogP contribution in [0.2, 0.25) is 0 Å². The van der Waals surface area contributed by atoms with Gasteiger partial charge in [-0.2, -0.15) is 16.9 Å². The van der Waals surface area contributed by atoms with E-state index in [0.29, 0.717) is 21.5 Å². The molecule has 5 nitrogen and oxygen atoms in total. The molecule has 1 aliphatic rings. The standard InChI is InChI=1S/C16H29N3O2S2/c1-11-15(12(2)19(17-11)16(3,4)5)23(20,21)18-13-8-7-9-14(10-13)22-6/h13-14,18H,7-10H2,1-6H3/t13-,14-/m0/s1. The molecule has 0 amide bonds. The Morgan fingerprint density at radius 1 is 1.26 bits per heavy atom. The Bertz CT molecular complexity index is 660. The number of hydrogen-bond donors (Lipinski definition) is 1. The summed E-state index contributed by atoms with van der Waals surface area (Å²) in [5.41, 5.74) is 1.04. The second-order valence-electron chi connectivity index (χ2n) is 7.43. The van der Waals surface area contributed by atoms with Gasteiger partial charge in [0, 0.05) is 11.3 Å². The van der Waals surface area contributed by atoms with Crippen molar-refractivity contribution < 1.29 is 8.42 Å². The quantitative estimate of drug-likeness (QED) is 0.896. The Hall–Kier alpha value is -0.530. The van der Waals surface area contributed by atoms with Crippen LogP contribution < -0.4 is 4.72 Å². The van der Waals surface area contributed by atoms with E-state index in [9.17, 15) is 8.42 Å². The first-order valence-electron chi connectivity index (χ1n) is 8.18. The van der Waals surface area contributed by atoms with E-state index in [1.807, 2.05) is 44.1 Å². The normalized spacial score (nSPS) is 23.2. The largest absolute Gasteiger partial charge is 0.263 e. The molecular weight excluding hydrogens is 330 g/mol. The third kappa shape index (κ3) is 4.12. The number of sulfonamides is 1. The van der Waals surface area contributed by atoms with Crippen LogP contribution in [0.4, 0.5) is 0 Å². The fourth-order valence-corrected chi connectivity index (χ4v) is 5.92. The average molecular weight is 360 g/mol. The number of aromatic nitrogens is 2. The highest BCUT2D eigenvalue weighted by Gasteiger charge is 2.31. The summed E-state index contributed by atoms with van der Waals surface area (Å²) in [6, 6.07) is 0.0305. The summed E-state index contributed by atoms with van der Waals surface area (Å²) in [6.07, 6.45) is 6.19. The van der Waals surface area contributed by atoms with Crippen LogP contribution >= 0.6 is 11.8 Å². The van der Waals surface area contributed by atoms with Gasteiger partial charge < -0.3 is 0 Å². The first kappa shape index (κ1) is 18.8. The maximum Gasteiger partial charge on any atom is 0.244 e. The van der Waals surface area contributed by atoms with Crippen LogP contribution in [0, 0.1) is 13.8 Å². The van der Waals surface area contributed by atoms with Crippen molar-refractivity contribution in [2.45, 2.75) is 82.0 Å². The molecule has 0 saturated heterocycles. The Kier molecular flexibility index (Phi) is 5.53. The zero-order valence-electron chi connectivity index (χ0n) is 15.0. The number of aryl methyl sites for hydroxylation is 1. The van der Waals surface area contributed by atoms with Gasteiger partial charge in [-0.25, -0.2) is 13.1 Å². The van der Waals surface area contributed by atoms with Gasteiger partial charge >= 0.3 is 0 Å². The zero-order valence-corrected chi connectivity index (χ0v) is 16.6. The van der Waals surface area contributed by atoms with Gasteiger partial charge in [0.2, 0.25) is 10.0 Å². The third-order valence-electron chi connectivity index (χ3n) is 4.41. The van der Waals surface area contributed by atoms with Gasteiger partial charge in [-0.15, -0.1) is 0 Å². The molecule has 0 spiro atoms. The molecule has 1 N–H and O–H groups in total. The van der Waals surface area contributed by atoms with Crippen molar-refractivity contribution in [1.29, 1.82) is 0 Å². The van der Waals surface area contributed by atoms with Gasteiger partial charge in [-0.1, -0.05) is 6.42 Å². The first-order chi connectivity index (χ1) is 10.6. The van der Waals surface area contributed by atoms with Crippen LogP contribution in [0.15, 0.2) is 4.90 Å². The summed E-state index contributed by atoms with van der Waals surface area (Å²) in [4.78, 5) is 0.346. The Morgan fingerprint density at radius 2 is 1.91 bits per heavy atom. The summed E-state index contributed by atoms with van der Waals surface area (Å²) in [6.45, 7) is 9.70. The summed E-state index contributed by atoms with van der Waals surface area (Å²) >= 11 is 1.83. The molecule has 0 unspecified atom stereocenters. The van der Waals surface area contributed by atoms with Gasteiger partial charge in [-0.05, 0) is 60.1 Å². The van der Waals surface area contributed by atoms with E-state index in [2.05, 4.69) is 16.1 Å². The molecule has 0 bridgehead atoms. The van der Waals surface area contributed by atoms with Crippen LogP contribution in [0.3, 0.4) is 0 Å². The average Bonchev–Trinajstić information content (AvgIpc) is 2.74. The Labute approximate surface area is 144 Å². The summed E-state index contributed by atoms with van der Waals surface area (Å²) in [5.74, 6) is 0. The van der Waals surface area contributed by atoms with Crippen molar-refractivity contribution in [3.63, 3.8) is 0 Å². The molecule has 1 saturated carbocycles. The number of hydrogen-bond acceptors (Lipinski definition) is 4. The third-order valence-corrected chi connectivity index (χ3v) is 7.28. The minimum Gasteiger partial charge on any atom is -0.263 e. The molecule has 1 aliphatic carbocycles. The zero-order chi connectivity index (χ0) is 17.4. The van der Waals surface area contributed by atoms with Crippen molar-refractivity contribution in [2.24, 2.45) is 0 Å². The molecule has 2 rings (SSSR count). The van der Waals surface area contributed by atoms with Crippen molar-refractivity contribution in [2.75, 3.05) is 6.26 Å². The van der Waals surface area contributed by atoms with E-state index < -0.39 is 10.0 Å². The van der Waals surface area contributed by atoms with E-state index >= 15 is 0 Å². The fourth-order valence-electron chi connectivity index (χ4n) is 3.41. The van der Waals surface area contributed by atoms with E-state index in [0.717, 1.165) is 19.3 Å². The summed E-state index contributed by atoms with van der Waals surface area (Å²) in [7, 11) is -3.53. The molecule has 1 fully saturated rings. The first-order valence-corrected chi connectivity index (χ1v) is 10.9. The summed E-state index contributed by atoms with van der Waals surface area (Å²) < 4.78 is 30.5. The lowest BCUT2D eigenvalue weighted by Gasteiger charge is -2.28. The van der Waals surface area contributed by atoms with E-state index in [1.54, 1.807) is 6.92 Å². The second kappa shape index (κ2) is 6.76. The molecule has 1 heterocycles. The van der Waals surface area contributed by atoms with Gasteiger partial charge in [-0.3, -0.25) is 4.68 Å². The molecule has 2 atom stereocenters. The van der Waals surface area contributed by atoms with E-state index in [1.165, 1.54) is 6.42 Å². The highest BCUT2D eigenvalue weighted by Crippen LogP contribution is 2.29. The van der Waals surface area contributed by atoms with E-state index in [-0.39, 0.29) is 11.6 Å². The minimum atomic E-state index is -3.53. The van der Waals surface area contributed by atoms with E-state index in [4.69, 9.17) is 0 Å². The summed E-state index contributed by atoms with van der Waals surface area (Å²) in [5, 5.41) is 5.02. The monoisotopic (exact) mass is 359 g/mol. The lowest BCUT2D eigenvalue weighted by atomic mass is 9.96. The maximum absolute atomic E-state index is 12.9. The van der Waals surface area contributed by atoms with Gasteiger partial charge in [0.05, 0.1) is 16.9 Å². The second-order valence-corrected chi connectivity index (χ2v) is 10.2. The van der Waals surface area contributed by atoms with Crippen LogP contribution in [0.5, 0.6) is 0 Å². The lowest BCUT2D eigenvalue weighted by Crippen LogP contribution is -2.39. The maximum atomic E-state index is 12.9. The minimum absolute atomic E-state index is 0.0305. The van der Waals surface area contributed by atoms with Gasteiger partial charge in [0.1, 0.15) is 4.90 Å². The van der Waals surface area contributed by atoms with Crippen molar-refractivity contribution in [3.8, 4) is 0 Å². The predicted octanol–water partition coefficient (Wildman–Crippen LogP) is 3.21. The highest BCUT2D eigenvalue weighted by atomic mass is 32.2. The number of nitrogens with zero attached hydrogens (tertiary/aromatic N) is 2. The number of thioether (sulfide) groups is 1. The highest BCUT2D eigenvalue weighted by molar-refractivity contribution is 7.99. The van der Waals surface area contributed by atoms with Crippen LogP contribution in [-0.2, 0) is 15.6 Å². The smallest absolute Gasteiger partial charge is 0.244 e. The molecular formula is C16H29N3O2S2. The van der Waals surface area contributed by atoms with Crippen molar-refractivity contribution in [1.82, 2.24) is 14.5 Å². The number of rotatable bonds is 4. The van der Waals surface area contributed by atoms with Crippen LogP contribution in [0.1, 0.15) is 57.8 Å². The molecule has 23 heavy (non-hydrogen) atoms. The predicted molar refractivity (Wildman–Crippen MR) is 96.6 cm³/mol. The molecule has 0 radical (unpaired) electrons. The topological polar surface area (TPSA) is 64.0 Å². The Morgan fingerprint density at radius 3 is 2.43 bits per heavy atom. The fraction of sp³-hybridized carbons (Fsp3) is 0.812.